The molecule has 1 heterocycles. The van der Waals surface area contributed by atoms with Gasteiger partial charge in [-0.25, -0.2) is 4.79 Å². The van der Waals surface area contributed by atoms with E-state index in [9.17, 15) is 14.4 Å². The fourth-order valence-electron chi connectivity index (χ4n) is 2.04. The smallest absolute Gasteiger partial charge is 0.338 e. The Balaban J connectivity index is 2.16. The summed E-state index contributed by atoms with van der Waals surface area (Å²) in [5, 5.41) is 2.75. The van der Waals surface area contributed by atoms with Gasteiger partial charge in [-0.3, -0.25) is 9.59 Å². The minimum absolute atomic E-state index is 0.0206. The number of esters is 1. The molecule has 0 aromatic heterocycles. The first-order valence-corrected chi connectivity index (χ1v) is 6.88. The van der Waals surface area contributed by atoms with Crippen molar-refractivity contribution in [3.63, 3.8) is 0 Å². The highest BCUT2D eigenvalue weighted by molar-refractivity contribution is 6.34. The molecule has 0 saturated carbocycles. The monoisotopic (exact) mass is 310 g/mol. The number of nitrogens with zero attached hydrogens (tertiary/aromatic N) is 1. The average molecular weight is 311 g/mol. The van der Waals surface area contributed by atoms with Crippen LogP contribution in [0.2, 0.25) is 5.02 Å². The van der Waals surface area contributed by atoms with E-state index in [0.29, 0.717) is 23.7 Å². The van der Waals surface area contributed by atoms with Gasteiger partial charge >= 0.3 is 5.97 Å². The van der Waals surface area contributed by atoms with Crippen LogP contribution in [0.25, 0.3) is 0 Å². The number of anilines is 1. The summed E-state index contributed by atoms with van der Waals surface area (Å²) >= 11 is 6.09. The lowest BCUT2D eigenvalue weighted by atomic mass is 10.2. The number of nitrogens with one attached hydrogen (secondary N) is 1. The molecule has 1 aromatic carbocycles. The standard InChI is InChI=1S/C14H15ClN2O4/c1-16-12(18)8-21-14(20)9-4-5-10(15)11(7-9)17-6-2-3-13(17)19/h4-5,7H,2-3,6,8H2,1H3,(H,16,18). The number of benzene rings is 1. The molecule has 7 heteroatoms. The number of rotatable bonds is 4. The number of carbonyl (C=O) groups is 3. The first kappa shape index (κ1) is 15.3. The summed E-state index contributed by atoms with van der Waals surface area (Å²) in [4.78, 5) is 36.2. The van der Waals surface area contributed by atoms with Gasteiger partial charge < -0.3 is 15.0 Å². The first-order valence-electron chi connectivity index (χ1n) is 6.50. The van der Waals surface area contributed by atoms with Crippen molar-refractivity contribution in [1.82, 2.24) is 5.32 Å². The number of likely N-dealkylation sites (N-methyl/N-ethyl adjacent to an activating group) is 1. The van der Waals surface area contributed by atoms with Crippen LogP contribution < -0.4 is 10.2 Å². The molecule has 1 aromatic rings. The third-order valence-corrected chi connectivity index (χ3v) is 3.48. The molecule has 2 rings (SSSR count). The van der Waals surface area contributed by atoms with E-state index in [1.54, 1.807) is 11.0 Å². The Morgan fingerprint density at radius 3 is 2.81 bits per heavy atom. The molecule has 0 unspecified atom stereocenters. The molecule has 1 fully saturated rings. The molecule has 1 saturated heterocycles. The summed E-state index contributed by atoms with van der Waals surface area (Å²) in [5.74, 6) is -1.05. The minimum atomic E-state index is -0.636. The van der Waals surface area contributed by atoms with Gasteiger partial charge in [0.2, 0.25) is 5.91 Å². The minimum Gasteiger partial charge on any atom is -0.452 e. The molecule has 6 nitrogen and oxygen atoms in total. The van der Waals surface area contributed by atoms with Crippen molar-refractivity contribution in [3.05, 3.63) is 28.8 Å². The Bertz CT molecular complexity index is 588. The van der Waals surface area contributed by atoms with E-state index in [1.807, 2.05) is 0 Å². The van der Waals surface area contributed by atoms with Gasteiger partial charge in [-0.15, -0.1) is 0 Å². The quantitative estimate of drug-likeness (QED) is 0.852. The maximum atomic E-state index is 11.9. The summed E-state index contributed by atoms with van der Waals surface area (Å²) in [5.41, 5.74) is 0.742. The van der Waals surface area contributed by atoms with Gasteiger partial charge in [0, 0.05) is 20.0 Å². The van der Waals surface area contributed by atoms with Crippen molar-refractivity contribution in [2.75, 3.05) is 25.1 Å². The second kappa shape index (κ2) is 6.58. The third-order valence-electron chi connectivity index (χ3n) is 3.16. The Morgan fingerprint density at radius 1 is 1.43 bits per heavy atom. The summed E-state index contributed by atoms with van der Waals surface area (Å²) < 4.78 is 4.87. The Morgan fingerprint density at radius 2 is 2.19 bits per heavy atom. The summed E-state index contributed by atoms with van der Waals surface area (Å²) in [6.45, 7) is 0.227. The van der Waals surface area contributed by atoms with Crippen molar-refractivity contribution in [3.8, 4) is 0 Å². The molecule has 2 amide bonds. The van der Waals surface area contributed by atoms with Crippen LogP contribution >= 0.6 is 11.6 Å². The summed E-state index contributed by atoms with van der Waals surface area (Å²) in [6.07, 6.45) is 1.24. The van der Waals surface area contributed by atoms with Crippen molar-refractivity contribution in [2.45, 2.75) is 12.8 Å². The van der Waals surface area contributed by atoms with Gasteiger partial charge in [-0.1, -0.05) is 11.6 Å². The first-order chi connectivity index (χ1) is 10.0. The molecule has 21 heavy (non-hydrogen) atoms. The SMILES string of the molecule is CNC(=O)COC(=O)c1ccc(Cl)c(N2CCCC2=O)c1. The molecule has 1 aliphatic rings. The van der Waals surface area contributed by atoms with Gasteiger partial charge in [0.25, 0.3) is 5.91 Å². The van der Waals surface area contributed by atoms with Gasteiger partial charge in [-0.05, 0) is 24.6 Å². The van der Waals surface area contributed by atoms with Crippen LogP contribution in [0.15, 0.2) is 18.2 Å². The van der Waals surface area contributed by atoms with Crippen LogP contribution in [-0.4, -0.2) is 38.0 Å². The molecule has 0 radical (unpaired) electrons. The van der Waals surface area contributed by atoms with Crippen LogP contribution in [0.5, 0.6) is 0 Å². The van der Waals surface area contributed by atoms with Gasteiger partial charge in [-0.2, -0.15) is 0 Å². The van der Waals surface area contributed by atoms with E-state index < -0.39 is 11.9 Å². The lowest BCUT2D eigenvalue weighted by molar-refractivity contribution is -0.123. The van der Waals surface area contributed by atoms with Crippen LogP contribution in [0.4, 0.5) is 5.69 Å². The predicted octanol–water partition coefficient (Wildman–Crippen LogP) is 1.37. The predicted molar refractivity (Wildman–Crippen MR) is 77.4 cm³/mol. The average Bonchev–Trinajstić information content (AvgIpc) is 2.90. The Kier molecular flexibility index (Phi) is 4.80. The molecule has 0 aliphatic carbocycles. The van der Waals surface area contributed by atoms with Crippen molar-refractivity contribution >= 4 is 35.1 Å². The lowest BCUT2D eigenvalue weighted by Crippen LogP contribution is -2.26. The maximum Gasteiger partial charge on any atom is 0.338 e. The lowest BCUT2D eigenvalue weighted by Gasteiger charge is -2.18. The number of hydrogen-bond donors (Lipinski definition) is 1. The van der Waals surface area contributed by atoms with E-state index in [2.05, 4.69) is 5.32 Å². The van der Waals surface area contributed by atoms with Crippen LogP contribution in [0, 0.1) is 0 Å². The third kappa shape index (κ3) is 3.52. The van der Waals surface area contributed by atoms with Crippen molar-refractivity contribution < 1.29 is 19.1 Å². The van der Waals surface area contributed by atoms with Crippen molar-refractivity contribution in [2.24, 2.45) is 0 Å². The molecular weight excluding hydrogens is 296 g/mol. The number of hydrogen-bond acceptors (Lipinski definition) is 4. The summed E-state index contributed by atoms with van der Waals surface area (Å²) in [7, 11) is 1.45. The fraction of sp³-hybridized carbons (Fsp3) is 0.357. The van der Waals surface area contributed by atoms with Crippen molar-refractivity contribution in [1.29, 1.82) is 0 Å². The molecule has 1 N–H and O–H groups in total. The number of halogens is 1. The summed E-state index contributed by atoms with van der Waals surface area (Å²) in [6, 6.07) is 4.55. The Hall–Kier alpha value is -2.08. The van der Waals surface area contributed by atoms with Crippen LogP contribution in [0.3, 0.4) is 0 Å². The zero-order valence-corrected chi connectivity index (χ0v) is 12.3. The Labute approximate surface area is 127 Å². The topological polar surface area (TPSA) is 75.7 Å². The molecule has 0 bridgehead atoms. The molecule has 112 valence electrons. The van der Waals surface area contributed by atoms with Gasteiger partial charge in [0.1, 0.15) is 0 Å². The van der Waals surface area contributed by atoms with E-state index in [-0.39, 0.29) is 18.1 Å². The van der Waals surface area contributed by atoms with Gasteiger partial charge in [0.15, 0.2) is 6.61 Å². The number of carbonyl (C=O) groups excluding carboxylic acids is 3. The largest absolute Gasteiger partial charge is 0.452 e. The van der Waals surface area contributed by atoms with E-state index in [0.717, 1.165) is 6.42 Å². The molecular formula is C14H15ClN2O4. The fourth-order valence-corrected chi connectivity index (χ4v) is 2.26. The zero-order chi connectivity index (χ0) is 15.4. The molecule has 1 aliphatic heterocycles. The normalized spacial score (nSPS) is 14.2. The van der Waals surface area contributed by atoms with E-state index in [1.165, 1.54) is 19.2 Å². The highest BCUT2D eigenvalue weighted by Crippen LogP contribution is 2.30. The van der Waals surface area contributed by atoms with E-state index in [4.69, 9.17) is 16.3 Å². The van der Waals surface area contributed by atoms with E-state index >= 15 is 0 Å². The second-order valence-corrected chi connectivity index (χ2v) is 4.97. The molecule has 0 spiro atoms. The van der Waals surface area contributed by atoms with Crippen LogP contribution in [0.1, 0.15) is 23.2 Å². The maximum absolute atomic E-state index is 11.9. The number of ether oxygens (including phenoxy) is 1. The highest BCUT2D eigenvalue weighted by atomic mass is 35.5. The number of amides is 2. The van der Waals surface area contributed by atoms with Crippen LogP contribution in [-0.2, 0) is 14.3 Å². The second-order valence-electron chi connectivity index (χ2n) is 4.56. The zero-order valence-electron chi connectivity index (χ0n) is 11.5. The highest BCUT2D eigenvalue weighted by Gasteiger charge is 2.24. The molecule has 0 atom stereocenters. The van der Waals surface area contributed by atoms with Gasteiger partial charge in [0.05, 0.1) is 16.3 Å².